The van der Waals surface area contributed by atoms with Gasteiger partial charge in [-0.3, -0.25) is 10.2 Å². The van der Waals surface area contributed by atoms with Crippen molar-refractivity contribution in [2.45, 2.75) is 19.3 Å². The first-order valence-corrected chi connectivity index (χ1v) is 10.6. The van der Waals surface area contributed by atoms with Crippen LogP contribution in [0.5, 0.6) is 0 Å². The van der Waals surface area contributed by atoms with Crippen molar-refractivity contribution < 1.29 is 4.79 Å². The predicted molar refractivity (Wildman–Crippen MR) is 116 cm³/mol. The number of allylic oxidation sites excluding steroid dienone is 1. The zero-order chi connectivity index (χ0) is 19.3. The Morgan fingerprint density at radius 2 is 1.96 bits per heavy atom. The molecule has 0 spiro atoms. The van der Waals surface area contributed by atoms with E-state index in [4.69, 9.17) is 5.41 Å². The number of hydrogen-bond acceptors (Lipinski definition) is 6. The number of benzene rings is 2. The molecule has 0 bridgehead atoms. The van der Waals surface area contributed by atoms with Gasteiger partial charge in [0.25, 0.3) is 0 Å². The number of rotatable bonds is 3. The second-order valence-electron chi connectivity index (χ2n) is 6.64. The van der Waals surface area contributed by atoms with Gasteiger partial charge in [0.05, 0.1) is 9.95 Å². The first-order chi connectivity index (χ1) is 13.6. The number of aryl methyl sites for hydroxylation is 1. The van der Waals surface area contributed by atoms with Crippen LogP contribution in [0.15, 0.2) is 47.4 Å². The summed E-state index contributed by atoms with van der Waals surface area (Å²) in [7, 11) is 0. The summed E-state index contributed by atoms with van der Waals surface area (Å²) < 4.78 is 0. The molecule has 0 unspecified atom stereocenters. The molecule has 2 aromatic carbocycles. The quantitative estimate of drug-likeness (QED) is 0.463. The van der Waals surface area contributed by atoms with E-state index in [2.05, 4.69) is 33.4 Å². The Bertz CT molecular complexity index is 1280. The Kier molecular flexibility index (Phi) is 4.14. The highest BCUT2D eigenvalue weighted by atomic mass is 32.2. The summed E-state index contributed by atoms with van der Waals surface area (Å²) in [5.41, 5.74) is 3.12. The Morgan fingerprint density at radius 1 is 1.14 bits per heavy atom. The van der Waals surface area contributed by atoms with E-state index in [0.29, 0.717) is 15.0 Å². The van der Waals surface area contributed by atoms with Crippen molar-refractivity contribution in [1.82, 2.24) is 15.2 Å². The highest BCUT2D eigenvalue weighted by Crippen LogP contribution is 2.41. The van der Waals surface area contributed by atoms with E-state index in [1.54, 1.807) is 0 Å². The monoisotopic (exact) mass is 404 g/mol. The molecule has 1 saturated heterocycles. The molecule has 0 radical (unpaired) electrons. The zero-order valence-corrected chi connectivity index (χ0v) is 16.7. The fourth-order valence-corrected chi connectivity index (χ4v) is 5.40. The third-order valence-corrected chi connectivity index (χ3v) is 6.97. The topological polar surface area (TPSA) is 82.5 Å². The molecule has 7 heteroatoms. The maximum Gasteiger partial charge on any atom is 0.186 e. The van der Waals surface area contributed by atoms with Gasteiger partial charge in [-0.05, 0) is 36.3 Å². The number of para-hydroxylation sites is 1. The van der Waals surface area contributed by atoms with E-state index in [9.17, 15) is 4.79 Å². The number of Topliss-reactive ketones (excluding diaryl/α,β-unsaturated/α-hetero) is 1. The van der Waals surface area contributed by atoms with Crippen LogP contribution in [0.2, 0.25) is 0 Å². The molecule has 4 aromatic rings. The van der Waals surface area contributed by atoms with Gasteiger partial charge in [0.2, 0.25) is 0 Å². The lowest BCUT2D eigenvalue weighted by atomic mass is 10.0. The van der Waals surface area contributed by atoms with Crippen LogP contribution in [0.3, 0.4) is 0 Å². The Balaban J connectivity index is 1.52. The van der Waals surface area contributed by atoms with Crippen LogP contribution in [-0.2, 0) is 11.2 Å². The van der Waals surface area contributed by atoms with Gasteiger partial charge in [0.15, 0.2) is 5.78 Å². The molecule has 0 saturated carbocycles. The third-order valence-electron chi connectivity index (χ3n) is 4.85. The minimum Gasteiger partial charge on any atom is -0.355 e. The number of carbonyl (C=O) groups is 1. The molecule has 5 nitrogen and oxygen atoms in total. The number of fused-ring (bicyclic) bond motifs is 3. The summed E-state index contributed by atoms with van der Waals surface area (Å²) in [6.07, 6.45) is 2.66. The van der Waals surface area contributed by atoms with Crippen molar-refractivity contribution in [1.29, 1.82) is 5.41 Å². The molecule has 1 aliphatic heterocycles. The molecule has 5 rings (SSSR count). The van der Waals surface area contributed by atoms with Gasteiger partial charge in [-0.1, -0.05) is 43.0 Å². The Hall–Kier alpha value is -2.77. The summed E-state index contributed by atoms with van der Waals surface area (Å²) in [4.78, 5) is 16.9. The average molecular weight is 405 g/mol. The van der Waals surface area contributed by atoms with E-state index in [1.807, 2.05) is 37.3 Å². The molecule has 1 aliphatic rings. The largest absolute Gasteiger partial charge is 0.355 e. The molecule has 0 amide bonds. The lowest BCUT2D eigenvalue weighted by Crippen LogP contribution is -2.11. The van der Waals surface area contributed by atoms with Gasteiger partial charge in [-0.2, -0.15) is 0 Å². The maximum atomic E-state index is 12.9. The van der Waals surface area contributed by atoms with Crippen molar-refractivity contribution in [3.8, 4) is 0 Å². The zero-order valence-electron chi connectivity index (χ0n) is 15.0. The molecule has 3 heterocycles. The average Bonchev–Trinajstić information content (AvgIpc) is 3.38. The van der Waals surface area contributed by atoms with Gasteiger partial charge in [0.1, 0.15) is 15.9 Å². The van der Waals surface area contributed by atoms with Crippen molar-refractivity contribution >= 4 is 61.8 Å². The standard InChI is InChI=1S/C21H16N4OS2/c1-2-17-24-25-21(28-17)18-19(26)16(27-20(18)22)10-11-7-8-15-13(9-11)12-5-3-4-6-14(12)23-15/h3-10,18,22-23H,2H2,1H3/b16-10-,22-20?/t18-/m1/s1. The van der Waals surface area contributed by atoms with E-state index >= 15 is 0 Å². The number of H-pyrrole nitrogens is 1. The predicted octanol–water partition coefficient (Wildman–Crippen LogP) is 5.15. The minimum absolute atomic E-state index is 0.0622. The number of nitrogens with one attached hydrogen (secondary N) is 2. The SMILES string of the molecule is CCc1nnc([C@H]2C(=N)S/C(=C\c3ccc4[nH]c5ccccc5c4c3)C2=O)s1. The van der Waals surface area contributed by atoms with Crippen molar-refractivity contribution in [2.75, 3.05) is 0 Å². The molecule has 138 valence electrons. The van der Waals surface area contributed by atoms with Crippen LogP contribution in [0.25, 0.3) is 27.9 Å². The Labute approximate surface area is 169 Å². The van der Waals surface area contributed by atoms with E-state index in [0.717, 1.165) is 38.8 Å². The minimum atomic E-state index is -0.606. The van der Waals surface area contributed by atoms with Gasteiger partial charge < -0.3 is 4.98 Å². The van der Waals surface area contributed by atoms with Crippen LogP contribution >= 0.6 is 23.1 Å². The van der Waals surface area contributed by atoms with Crippen LogP contribution < -0.4 is 0 Å². The first kappa shape index (κ1) is 17.3. The molecule has 2 N–H and O–H groups in total. The molecular formula is C21H16N4OS2. The summed E-state index contributed by atoms with van der Waals surface area (Å²) in [6, 6.07) is 14.3. The number of aromatic nitrogens is 3. The van der Waals surface area contributed by atoms with Crippen LogP contribution in [-0.4, -0.2) is 26.0 Å². The van der Waals surface area contributed by atoms with E-state index in [1.165, 1.54) is 23.1 Å². The van der Waals surface area contributed by atoms with Crippen molar-refractivity contribution in [3.63, 3.8) is 0 Å². The highest BCUT2D eigenvalue weighted by Gasteiger charge is 2.39. The third kappa shape index (κ3) is 2.78. The summed E-state index contributed by atoms with van der Waals surface area (Å²) >= 11 is 2.65. The van der Waals surface area contributed by atoms with Crippen LogP contribution in [0.1, 0.15) is 28.4 Å². The molecule has 1 atom stereocenters. The van der Waals surface area contributed by atoms with Crippen molar-refractivity contribution in [3.05, 3.63) is 62.9 Å². The fourth-order valence-electron chi connectivity index (χ4n) is 3.45. The second kappa shape index (κ2) is 6.68. The number of nitrogens with zero attached hydrogens (tertiary/aromatic N) is 2. The van der Waals surface area contributed by atoms with Gasteiger partial charge in [-0.25, -0.2) is 0 Å². The molecular weight excluding hydrogens is 388 g/mol. The molecule has 1 fully saturated rings. The number of thioether (sulfide) groups is 1. The summed E-state index contributed by atoms with van der Waals surface area (Å²) in [5, 5.41) is 20.7. The number of hydrogen-bond donors (Lipinski definition) is 2. The molecule has 28 heavy (non-hydrogen) atoms. The van der Waals surface area contributed by atoms with Crippen LogP contribution in [0, 0.1) is 5.41 Å². The first-order valence-electron chi connectivity index (χ1n) is 8.99. The smallest absolute Gasteiger partial charge is 0.186 e. The second-order valence-corrected chi connectivity index (χ2v) is 8.81. The normalized spacial score (nSPS) is 18.8. The van der Waals surface area contributed by atoms with Crippen molar-refractivity contribution in [2.24, 2.45) is 0 Å². The molecule has 0 aliphatic carbocycles. The van der Waals surface area contributed by atoms with Gasteiger partial charge in [0, 0.05) is 21.8 Å². The van der Waals surface area contributed by atoms with E-state index in [-0.39, 0.29) is 5.78 Å². The number of aromatic amines is 1. The summed E-state index contributed by atoms with van der Waals surface area (Å²) in [5.74, 6) is -0.668. The molecule has 2 aromatic heterocycles. The number of ketones is 1. The van der Waals surface area contributed by atoms with Gasteiger partial charge in [-0.15, -0.1) is 21.5 Å². The lowest BCUT2D eigenvalue weighted by molar-refractivity contribution is -0.114. The number of carbonyl (C=O) groups excluding carboxylic acids is 1. The fraction of sp³-hybridized carbons (Fsp3) is 0.143. The van der Waals surface area contributed by atoms with Crippen LogP contribution in [0.4, 0.5) is 0 Å². The maximum absolute atomic E-state index is 12.9. The van der Waals surface area contributed by atoms with E-state index < -0.39 is 5.92 Å². The summed E-state index contributed by atoms with van der Waals surface area (Å²) in [6.45, 7) is 2.01. The lowest BCUT2D eigenvalue weighted by Gasteiger charge is -2.01. The Morgan fingerprint density at radius 3 is 2.79 bits per heavy atom. The van der Waals surface area contributed by atoms with Gasteiger partial charge >= 0.3 is 0 Å². The highest BCUT2D eigenvalue weighted by molar-refractivity contribution is 8.19.